The second-order valence-corrected chi connectivity index (χ2v) is 5.36. The molecule has 0 aliphatic rings. The number of hydrogen-bond donors (Lipinski definition) is 2. The topological polar surface area (TPSA) is 41.1 Å². The zero-order valence-corrected chi connectivity index (χ0v) is 15.2. The number of amides is 2. The van der Waals surface area contributed by atoms with Crippen LogP contribution in [0.2, 0.25) is 0 Å². The Morgan fingerprint density at radius 1 is 0.870 bits per heavy atom. The molecule has 0 atom stereocenters. The highest BCUT2D eigenvalue weighted by molar-refractivity contribution is 5.88. The Hall–Kier alpha value is -2.29. The molecule has 2 aromatic rings. The first kappa shape index (κ1) is 20.7. The molecule has 0 saturated heterocycles. The van der Waals surface area contributed by atoms with E-state index in [9.17, 15) is 4.79 Å². The molecule has 3 heteroatoms. The van der Waals surface area contributed by atoms with E-state index in [0.717, 1.165) is 5.69 Å². The molecule has 0 heterocycles. The van der Waals surface area contributed by atoms with E-state index in [1.807, 2.05) is 31.2 Å². The fourth-order valence-electron chi connectivity index (χ4n) is 1.49. The first-order valence-corrected chi connectivity index (χ1v) is 8.02. The average Bonchev–Trinajstić information content (AvgIpc) is 2.54. The summed E-state index contributed by atoms with van der Waals surface area (Å²) in [5.74, 6) is 0. The van der Waals surface area contributed by atoms with Crippen molar-refractivity contribution in [1.82, 2.24) is 5.32 Å². The van der Waals surface area contributed by atoms with Gasteiger partial charge in [0.15, 0.2) is 0 Å². The largest absolute Gasteiger partial charge is 0.341 e. The van der Waals surface area contributed by atoms with E-state index in [-0.39, 0.29) is 6.03 Å². The van der Waals surface area contributed by atoms with Crippen LogP contribution in [0.1, 0.15) is 37.0 Å². The van der Waals surface area contributed by atoms with E-state index >= 15 is 0 Å². The van der Waals surface area contributed by atoms with Crippen LogP contribution in [-0.4, -0.2) is 13.1 Å². The monoisotopic (exact) mass is 314 g/mol. The van der Waals surface area contributed by atoms with Gasteiger partial charge in [-0.25, -0.2) is 4.79 Å². The third-order valence-corrected chi connectivity index (χ3v) is 2.96. The molecular formula is C20H30N2O. The van der Waals surface area contributed by atoms with Crippen molar-refractivity contribution < 1.29 is 4.79 Å². The zero-order valence-electron chi connectivity index (χ0n) is 15.2. The predicted octanol–water partition coefficient (Wildman–Crippen LogP) is 5.47. The number of benzene rings is 2. The van der Waals surface area contributed by atoms with Gasteiger partial charge >= 0.3 is 6.03 Å². The van der Waals surface area contributed by atoms with Gasteiger partial charge in [0, 0.05) is 12.7 Å². The molecule has 126 valence electrons. The molecular weight excluding hydrogens is 284 g/mol. The minimum absolute atomic E-state index is 0.196. The summed E-state index contributed by atoms with van der Waals surface area (Å²) >= 11 is 0. The van der Waals surface area contributed by atoms with E-state index in [1.165, 1.54) is 23.1 Å². The van der Waals surface area contributed by atoms with Crippen molar-refractivity contribution >= 4 is 11.7 Å². The second-order valence-electron chi connectivity index (χ2n) is 5.36. The predicted molar refractivity (Wildman–Crippen MR) is 101 cm³/mol. The van der Waals surface area contributed by atoms with E-state index in [1.54, 1.807) is 7.05 Å². The van der Waals surface area contributed by atoms with Gasteiger partial charge in [0.1, 0.15) is 0 Å². The van der Waals surface area contributed by atoms with Crippen LogP contribution in [0, 0.1) is 20.8 Å². The Kier molecular flexibility index (Phi) is 11.1. The molecule has 0 radical (unpaired) electrons. The molecule has 2 amide bonds. The first-order valence-electron chi connectivity index (χ1n) is 8.02. The SMILES string of the molecule is CCC.CNC(=O)Nc1ccc(C)cc1.Cc1ccccc1C. The van der Waals surface area contributed by atoms with Gasteiger partial charge in [0.25, 0.3) is 0 Å². The first-order chi connectivity index (χ1) is 10.9. The van der Waals surface area contributed by atoms with Gasteiger partial charge in [-0.05, 0) is 44.0 Å². The molecule has 23 heavy (non-hydrogen) atoms. The summed E-state index contributed by atoms with van der Waals surface area (Å²) in [4.78, 5) is 10.8. The summed E-state index contributed by atoms with van der Waals surface area (Å²) < 4.78 is 0. The number of urea groups is 1. The normalized spacial score (nSPS) is 8.78. The third-order valence-electron chi connectivity index (χ3n) is 2.96. The number of rotatable bonds is 1. The standard InChI is InChI=1S/C9H12N2O.C8H10.C3H8/c1-7-3-5-8(6-4-7)11-9(12)10-2;1-7-5-3-4-6-8(7)2;1-3-2/h3-6H,1-2H3,(H2,10,11,12);3-6H,1-2H3;3H2,1-2H3. The molecule has 3 nitrogen and oxygen atoms in total. The fourth-order valence-corrected chi connectivity index (χ4v) is 1.49. The van der Waals surface area contributed by atoms with E-state index < -0.39 is 0 Å². The lowest BCUT2D eigenvalue weighted by Gasteiger charge is -2.03. The number of aryl methyl sites for hydroxylation is 3. The molecule has 0 unspecified atom stereocenters. The van der Waals surface area contributed by atoms with Crippen molar-refractivity contribution in [3.05, 3.63) is 65.2 Å². The Bertz CT molecular complexity index is 541. The lowest BCUT2D eigenvalue weighted by molar-refractivity contribution is 0.254. The molecule has 0 saturated carbocycles. The van der Waals surface area contributed by atoms with Crippen LogP contribution < -0.4 is 10.6 Å². The lowest BCUT2D eigenvalue weighted by atomic mass is 10.1. The maximum atomic E-state index is 10.8. The van der Waals surface area contributed by atoms with Crippen LogP contribution >= 0.6 is 0 Å². The van der Waals surface area contributed by atoms with Crippen molar-refractivity contribution in [2.45, 2.75) is 41.0 Å². The number of anilines is 1. The second kappa shape index (κ2) is 12.3. The van der Waals surface area contributed by atoms with Crippen LogP contribution in [0.25, 0.3) is 0 Å². The van der Waals surface area contributed by atoms with Crippen molar-refractivity contribution in [3.63, 3.8) is 0 Å². The number of hydrogen-bond acceptors (Lipinski definition) is 1. The quantitative estimate of drug-likeness (QED) is 0.720. The fraction of sp³-hybridized carbons (Fsp3) is 0.350. The molecule has 0 fully saturated rings. The van der Waals surface area contributed by atoms with Crippen molar-refractivity contribution in [3.8, 4) is 0 Å². The Morgan fingerprint density at radius 2 is 1.30 bits per heavy atom. The maximum Gasteiger partial charge on any atom is 0.318 e. The molecule has 0 aliphatic heterocycles. The van der Waals surface area contributed by atoms with Crippen LogP contribution in [0.5, 0.6) is 0 Å². The molecule has 0 aromatic heterocycles. The molecule has 2 N–H and O–H groups in total. The Labute approximate surface area is 141 Å². The molecule has 0 bridgehead atoms. The van der Waals surface area contributed by atoms with Crippen LogP contribution in [0.15, 0.2) is 48.5 Å². The van der Waals surface area contributed by atoms with Gasteiger partial charge < -0.3 is 10.6 Å². The smallest absolute Gasteiger partial charge is 0.318 e. The number of carbonyl (C=O) groups excluding carboxylic acids is 1. The van der Waals surface area contributed by atoms with Crippen LogP contribution in [0.3, 0.4) is 0 Å². The minimum atomic E-state index is -0.196. The van der Waals surface area contributed by atoms with E-state index in [2.05, 4.69) is 62.6 Å². The lowest BCUT2D eigenvalue weighted by Crippen LogP contribution is -2.24. The van der Waals surface area contributed by atoms with Gasteiger partial charge in [0.2, 0.25) is 0 Å². The highest BCUT2D eigenvalue weighted by Gasteiger charge is 1.95. The van der Waals surface area contributed by atoms with Gasteiger partial charge in [-0.2, -0.15) is 0 Å². The summed E-state index contributed by atoms with van der Waals surface area (Å²) in [6, 6.07) is 15.8. The summed E-state index contributed by atoms with van der Waals surface area (Å²) in [5.41, 5.74) is 4.72. The number of carbonyl (C=O) groups is 1. The van der Waals surface area contributed by atoms with Gasteiger partial charge in [-0.3, -0.25) is 0 Å². The van der Waals surface area contributed by atoms with E-state index in [4.69, 9.17) is 0 Å². The van der Waals surface area contributed by atoms with Crippen LogP contribution in [-0.2, 0) is 0 Å². The summed E-state index contributed by atoms with van der Waals surface area (Å²) in [6.45, 7) is 10.5. The Morgan fingerprint density at radius 3 is 1.65 bits per heavy atom. The molecule has 0 aliphatic carbocycles. The Balaban J connectivity index is 0.000000379. The highest BCUT2D eigenvalue weighted by Crippen LogP contribution is 2.07. The molecule has 0 spiro atoms. The zero-order chi connectivity index (χ0) is 17.7. The minimum Gasteiger partial charge on any atom is -0.341 e. The van der Waals surface area contributed by atoms with Crippen molar-refractivity contribution in [2.75, 3.05) is 12.4 Å². The average molecular weight is 314 g/mol. The molecule has 2 rings (SSSR count). The van der Waals surface area contributed by atoms with Gasteiger partial charge in [0.05, 0.1) is 0 Å². The molecule has 2 aromatic carbocycles. The summed E-state index contributed by atoms with van der Waals surface area (Å²) in [7, 11) is 1.59. The summed E-state index contributed by atoms with van der Waals surface area (Å²) in [6.07, 6.45) is 1.25. The van der Waals surface area contributed by atoms with Gasteiger partial charge in [-0.1, -0.05) is 62.2 Å². The van der Waals surface area contributed by atoms with Gasteiger partial charge in [-0.15, -0.1) is 0 Å². The van der Waals surface area contributed by atoms with Crippen molar-refractivity contribution in [1.29, 1.82) is 0 Å². The van der Waals surface area contributed by atoms with Crippen molar-refractivity contribution in [2.24, 2.45) is 0 Å². The van der Waals surface area contributed by atoms with E-state index in [0.29, 0.717) is 0 Å². The third kappa shape index (κ3) is 10.1. The highest BCUT2D eigenvalue weighted by atomic mass is 16.2. The summed E-state index contributed by atoms with van der Waals surface area (Å²) in [5, 5.41) is 5.15. The number of nitrogens with one attached hydrogen (secondary N) is 2. The van der Waals surface area contributed by atoms with Crippen LogP contribution in [0.4, 0.5) is 10.5 Å². The maximum absolute atomic E-state index is 10.8.